The van der Waals surface area contributed by atoms with Crippen LogP contribution in [0.3, 0.4) is 0 Å². The highest BCUT2D eigenvalue weighted by atomic mass is 32.1. The molecule has 0 saturated heterocycles. The Labute approximate surface area is 131 Å². The van der Waals surface area contributed by atoms with Gasteiger partial charge >= 0.3 is 0 Å². The second kappa shape index (κ2) is 6.16. The van der Waals surface area contributed by atoms with Gasteiger partial charge in [-0.05, 0) is 18.6 Å². The lowest BCUT2D eigenvalue weighted by Crippen LogP contribution is -2.15. The zero-order valence-corrected chi connectivity index (χ0v) is 14.3. The Morgan fingerprint density at radius 3 is 2.62 bits per heavy atom. The summed E-state index contributed by atoms with van der Waals surface area (Å²) in [6.07, 6.45) is 0.736. The Kier molecular flexibility index (Phi) is 4.69. The van der Waals surface area contributed by atoms with Gasteiger partial charge in [0, 0.05) is 28.8 Å². The van der Waals surface area contributed by atoms with Crippen LogP contribution in [0.4, 0.5) is 0 Å². The molecular formula is C17H24N2OS. The number of aryl methyl sites for hydroxylation is 1. The van der Waals surface area contributed by atoms with Crippen LogP contribution in [0.15, 0.2) is 23.6 Å². The van der Waals surface area contributed by atoms with E-state index in [0.29, 0.717) is 0 Å². The molecular weight excluding hydrogens is 280 g/mol. The van der Waals surface area contributed by atoms with Crippen LogP contribution in [0.25, 0.3) is 0 Å². The van der Waals surface area contributed by atoms with Gasteiger partial charge in [-0.25, -0.2) is 4.98 Å². The maximum Gasteiger partial charge on any atom is 0.123 e. The molecule has 0 aliphatic heterocycles. The first-order valence-electron chi connectivity index (χ1n) is 7.16. The molecule has 114 valence electrons. The summed E-state index contributed by atoms with van der Waals surface area (Å²) >= 11 is 1.68. The average molecular weight is 304 g/mol. The van der Waals surface area contributed by atoms with Gasteiger partial charge in [0.25, 0.3) is 0 Å². The lowest BCUT2D eigenvalue weighted by atomic mass is 9.93. The third kappa shape index (κ3) is 3.83. The predicted octanol–water partition coefficient (Wildman–Crippen LogP) is 4.00. The normalized spacial score (nSPS) is 13.2. The highest BCUT2D eigenvalue weighted by Crippen LogP contribution is 2.29. The van der Waals surface area contributed by atoms with Crippen molar-refractivity contribution < 1.29 is 4.74 Å². The molecule has 2 N–H and O–H groups in total. The van der Waals surface area contributed by atoms with Crippen molar-refractivity contribution in [3.8, 4) is 5.75 Å². The van der Waals surface area contributed by atoms with Crippen LogP contribution in [0.5, 0.6) is 5.75 Å². The molecule has 21 heavy (non-hydrogen) atoms. The molecule has 0 aliphatic carbocycles. The molecule has 0 amide bonds. The number of nitrogens with zero attached hydrogens (tertiary/aromatic N) is 1. The predicted molar refractivity (Wildman–Crippen MR) is 89.2 cm³/mol. The van der Waals surface area contributed by atoms with Gasteiger partial charge in [-0.3, -0.25) is 0 Å². The summed E-state index contributed by atoms with van der Waals surface area (Å²) < 4.78 is 5.45. The highest BCUT2D eigenvalue weighted by molar-refractivity contribution is 7.09. The maximum absolute atomic E-state index is 6.36. The first-order chi connectivity index (χ1) is 9.81. The summed E-state index contributed by atoms with van der Waals surface area (Å²) in [6, 6.07) is 6.05. The van der Waals surface area contributed by atoms with Gasteiger partial charge in [0.1, 0.15) is 5.75 Å². The molecule has 2 rings (SSSR count). The molecule has 0 radical (unpaired) electrons. The van der Waals surface area contributed by atoms with E-state index in [-0.39, 0.29) is 11.5 Å². The van der Waals surface area contributed by atoms with Crippen molar-refractivity contribution in [2.75, 3.05) is 7.11 Å². The summed E-state index contributed by atoms with van der Waals surface area (Å²) in [5.74, 6) is 0.857. The molecule has 1 unspecified atom stereocenters. The van der Waals surface area contributed by atoms with E-state index in [1.54, 1.807) is 18.4 Å². The standard InChI is InChI=1S/C17H24N2OS/c1-11-6-7-12(14(8-11)20-5)13(18)9-16-19-15(10-21-16)17(2,3)4/h6-8,10,13H,9,18H2,1-5H3. The molecule has 0 spiro atoms. The van der Waals surface area contributed by atoms with Crippen LogP contribution >= 0.6 is 11.3 Å². The second-order valence-electron chi connectivity index (χ2n) is 6.43. The third-order valence-electron chi connectivity index (χ3n) is 3.50. The van der Waals surface area contributed by atoms with E-state index in [2.05, 4.69) is 38.3 Å². The van der Waals surface area contributed by atoms with Gasteiger partial charge in [0.15, 0.2) is 0 Å². The van der Waals surface area contributed by atoms with Crippen LogP contribution in [-0.2, 0) is 11.8 Å². The van der Waals surface area contributed by atoms with Gasteiger partial charge in [-0.15, -0.1) is 11.3 Å². The van der Waals surface area contributed by atoms with E-state index in [0.717, 1.165) is 28.4 Å². The minimum Gasteiger partial charge on any atom is -0.496 e. The van der Waals surface area contributed by atoms with Crippen molar-refractivity contribution in [2.45, 2.75) is 45.6 Å². The van der Waals surface area contributed by atoms with Crippen molar-refractivity contribution >= 4 is 11.3 Å². The van der Waals surface area contributed by atoms with E-state index < -0.39 is 0 Å². The molecule has 1 aromatic carbocycles. The number of benzene rings is 1. The van der Waals surface area contributed by atoms with Crippen molar-refractivity contribution in [2.24, 2.45) is 5.73 Å². The fourth-order valence-corrected chi connectivity index (χ4v) is 3.25. The first-order valence-corrected chi connectivity index (χ1v) is 8.04. The highest BCUT2D eigenvalue weighted by Gasteiger charge is 2.19. The number of ether oxygens (including phenoxy) is 1. The van der Waals surface area contributed by atoms with Gasteiger partial charge < -0.3 is 10.5 Å². The van der Waals surface area contributed by atoms with Gasteiger partial charge in [0.05, 0.1) is 17.8 Å². The summed E-state index contributed by atoms with van der Waals surface area (Å²) in [5, 5.41) is 3.21. The van der Waals surface area contributed by atoms with Gasteiger partial charge in [-0.2, -0.15) is 0 Å². The summed E-state index contributed by atoms with van der Waals surface area (Å²) in [5.41, 5.74) is 9.78. The molecule has 0 bridgehead atoms. The van der Waals surface area contributed by atoms with E-state index >= 15 is 0 Å². The Morgan fingerprint density at radius 1 is 1.33 bits per heavy atom. The van der Waals surface area contributed by atoms with E-state index in [9.17, 15) is 0 Å². The molecule has 3 nitrogen and oxygen atoms in total. The Balaban J connectivity index is 2.18. The number of rotatable bonds is 4. The van der Waals surface area contributed by atoms with E-state index in [1.807, 2.05) is 13.0 Å². The van der Waals surface area contributed by atoms with Gasteiger partial charge in [0.2, 0.25) is 0 Å². The fourth-order valence-electron chi connectivity index (χ4n) is 2.17. The van der Waals surface area contributed by atoms with E-state index in [1.165, 1.54) is 5.56 Å². The Morgan fingerprint density at radius 2 is 2.05 bits per heavy atom. The largest absolute Gasteiger partial charge is 0.496 e. The van der Waals surface area contributed by atoms with E-state index in [4.69, 9.17) is 15.5 Å². The van der Waals surface area contributed by atoms with Crippen LogP contribution in [-0.4, -0.2) is 12.1 Å². The summed E-state index contributed by atoms with van der Waals surface area (Å²) in [7, 11) is 1.69. The molecule has 1 aromatic heterocycles. The van der Waals surface area contributed by atoms with Crippen molar-refractivity contribution in [3.05, 3.63) is 45.4 Å². The summed E-state index contributed by atoms with van der Waals surface area (Å²) in [6.45, 7) is 8.58. The average Bonchev–Trinajstić information content (AvgIpc) is 2.86. The molecule has 0 aliphatic rings. The Bertz CT molecular complexity index is 613. The maximum atomic E-state index is 6.36. The first kappa shape index (κ1) is 16.0. The van der Waals surface area contributed by atoms with Crippen LogP contribution < -0.4 is 10.5 Å². The van der Waals surface area contributed by atoms with Crippen LogP contribution in [0.2, 0.25) is 0 Å². The smallest absolute Gasteiger partial charge is 0.123 e. The topological polar surface area (TPSA) is 48.1 Å². The van der Waals surface area contributed by atoms with Crippen LogP contribution in [0, 0.1) is 6.92 Å². The number of aromatic nitrogens is 1. The van der Waals surface area contributed by atoms with Crippen molar-refractivity contribution in [1.82, 2.24) is 4.98 Å². The minimum atomic E-state index is -0.0977. The molecule has 0 saturated carbocycles. The van der Waals surface area contributed by atoms with Crippen molar-refractivity contribution in [3.63, 3.8) is 0 Å². The fraction of sp³-hybridized carbons (Fsp3) is 0.471. The number of thiazole rings is 1. The molecule has 4 heteroatoms. The van der Waals surface area contributed by atoms with Crippen molar-refractivity contribution in [1.29, 1.82) is 0 Å². The van der Waals surface area contributed by atoms with Gasteiger partial charge in [-0.1, -0.05) is 32.9 Å². The van der Waals surface area contributed by atoms with Crippen LogP contribution in [0.1, 0.15) is 48.6 Å². The lowest BCUT2D eigenvalue weighted by Gasteiger charge is -2.16. The quantitative estimate of drug-likeness (QED) is 0.928. The molecule has 1 heterocycles. The zero-order valence-electron chi connectivity index (χ0n) is 13.4. The molecule has 1 atom stereocenters. The number of nitrogens with two attached hydrogens (primary N) is 1. The number of hydrogen-bond acceptors (Lipinski definition) is 4. The monoisotopic (exact) mass is 304 g/mol. The number of hydrogen-bond donors (Lipinski definition) is 1. The molecule has 0 fully saturated rings. The lowest BCUT2D eigenvalue weighted by molar-refractivity contribution is 0.405. The zero-order chi connectivity index (χ0) is 15.6. The SMILES string of the molecule is COc1cc(C)ccc1C(N)Cc1nc(C(C)(C)C)cs1. The molecule has 2 aromatic rings. The summed E-state index contributed by atoms with van der Waals surface area (Å²) in [4.78, 5) is 4.72. The number of methoxy groups -OCH3 is 1. The Hall–Kier alpha value is -1.39. The second-order valence-corrected chi connectivity index (χ2v) is 7.38. The third-order valence-corrected chi connectivity index (χ3v) is 4.37. The minimum absolute atomic E-state index is 0.0837.